The maximum Gasteiger partial charge on any atom is 0.167 e. The minimum Gasteiger partial charge on any atom is -0.311 e. The first-order valence-electron chi connectivity index (χ1n) is 5.59. The van der Waals surface area contributed by atoms with Crippen LogP contribution in [0.3, 0.4) is 0 Å². The molecular weight excluding hydrogens is 214 g/mol. The monoisotopic (exact) mass is 227 g/mol. The highest BCUT2D eigenvalue weighted by molar-refractivity contribution is 5.75. The highest BCUT2D eigenvalue weighted by Crippen LogP contribution is 2.24. The van der Waals surface area contributed by atoms with Gasteiger partial charge in [-0.1, -0.05) is 6.07 Å². The van der Waals surface area contributed by atoms with Crippen LogP contribution in [0.4, 0.5) is 0 Å². The molecule has 0 unspecified atom stereocenters. The summed E-state index contributed by atoms with van der Waals surface area (Å²) in [5, 5.41) is 12.5. The van der Waals surface area contributed by atoms with Gasteiger partial charge in [-0.25, -0.2) is 4.52 Å². The van der Waals surface area contributed by atoms with E-state index in [9.17, 15) is 0 Å². The Balaban J connectivity index is 2.24. The predicted octanol–water partition coefficient (Wildman–Crippen LogP) is 2.17. The molecule has 0 amide bonds. The van der Waals surface area contributed by atoms with E-state index in [1.807, 2.05) is 39.7 Å². The van der Waals surface area contributed by atoms with Crippen molar-refractivity contribution in [2.75, 3.05) is 0 Å². The molecule has 5 heteroatoms. The first-order chi connectivity index (χ1) is 8.27. The second-order valence-electron chi connectivity index (χ2n) is 4.24. The second kappa shape index (κ2) is 3.69. The van der Waals surface area contributed by atoms with Crippen LogP contribution in [-0.2, 0) is 0 Å². The fraction of sp³-hybridized carbons (Fsp3) is 0.250. The van der Waals surface area contributed by atoms with Crippen molar-refractivity contribution in [3.05, 3.63) is 36.9 Å². The minimum atomic E-state index is 0.332. The van der Waals surface area contributed by atoms with Gasteiger partial charge in [0.2, 0.25) is 0 Å². The molecule has 0 saturated carbocycles. The van der Waals surface area contributed by atoms with Crippen molar-refractivity contribution in [3.8, 4) is 11.4 Å². The van der Waals surface area contributed by atoms with Gasteiger partial charge in [0.1, 0.15) is 6.33 Å². The summed E-state index contributed by atoms with van der Waals surface area (Å²) in [6.45, 7) is 4.22. The highest BCUT2D eigenvalue weighted by Gasteiger charge is 2.14. The smallest absolute Gasteiger partial charge is 0.167 e. The van der Waals surface area contributed by atoms with Gasteiger partial charge in [-0.2, -0.15) is 5.10 Å². The maximum absolute atomic E-state index is 4.31. The van der Waals surface area contributed by atoms with Crippen LogP contribution in [0, 0.1) is 0 Å². The normalized spacial score (nSPS) is 11.5. The van der Waals surface area contributed by atoms with Crippen LogP contribution in [0.1, 0.15) is 19.9 Å². The lowest BCUT2D eigenvalue weighted by Gasteiger charge is -2.08. The average molecular weight is 227 g/mol. The molecule has 0 aliphatic rings. The Labute approximate surface area is 98.7 Å². The molecule has 3 rings (SSSR count). The lowest BCUT2D eigenvalue weighted by atomic mass is 10.2. The van der Waals surface area contributed by atoms with Crippen molar-refractivity contribution in [1.82, 2.24) is 24.4 Å². The highest BCUT2D eigenvalue weighted by atomic mass is 15.3. The van der Waals surface area contributed by atoms with Crippen molar-refractivity contribution in [2.24, 2.45) is 0 Å². The standard InChI is InChI=1S/C12H13N5/c1-9(2)16-8-13-15-12(16)10-7-14-17-6-4-3-5-11(10)17/h3-9H,1-2H3. The van der Waals surface area contributed by atoms with Crippen molar-refractivity contribution in [2.45, 2.75) is 19.9 Å². The number of rotatable bonds is 2. The third kappa shape index (κ3) is 1.51. The van der Waals surface area contributed by atoms with E-state index < -0.39 is 0 Å². The summed E-state index contributed by atoms with van der Waals surface area (Å²) in [5.41, 5.74) is 2.05. The van der Waals surface area contributed by atoms with Crippen LogP contribution in [0.15, 0.2) is 36.9 Å². The van der Waals surface area contributed by atoms with E-state index in [-0.39, 0.29) is 0 Å². The van der Waals surface area contributed by atoms with Gasteiger partial charge >= 0.3 is 0 Å². The van der Waals surface area contributed by atoms with Crippen LogP contribution in [-0.4, -0.2) is 24.4 Å². The first kappa shape index (κ1) is 10.0. The molecule has 0 atom stereocenters. The molecule has 0 spiro atoms. The number of aromatic nitrogens is 5. The molecule has 0 saturated heterocycles. The molecule has 3 heterocycles. The summed E-state index contributed by atoms with van der Waals surface area (Å²) in [4.78, 5) is 0. The molecule has 0 bridgehead atoms. The zero-order chi connectivity index (χ0) is 11.8. The van der Waals surface area contributed by atoms with Crippen LogP contribution in [0.25, 0.3) is 16.9 Å². The number of hydrogen-bond donors (Lipinski definition) is 0. The molecule has 0 N–H and O–H groups in total. The molecule has 0 aromatic carbocycles. The van der Waals surface area contributed by atoms with Gasteiger partial charge in [0.15, 0.2) is 5.82 Å². The van der Waals surface area contributed by atoms with Crippen LogP contribution < -0.4 is 0 Å². The van der Waals surface area contributed by atoms with E-state index >= 15 is 0 Å². The van der Waals surface area contributed by atoms with Gasteiger partial charge in [-0.05, 0) is 26.0 Å². The van der Waals surface area contributed by atoms with Gasteiger partial charge in [0, 0.05) is 12.2 Å². The number of hydrogen-bond acceptors (Lipinski definition) is 3. The van der Waals surface area contributed by atoms with Crippen molar-refractivity contribution in [1.29, 1.82) is 0 Å². The lowest BCUT2D eigenvalue weighted by molar-refractivity contribution is 0.604. The summed E-state index contributed by atoms with van der Waals surface area (Å²) in [6.07, 6.45) is 5.51. The molecule has 3 aromatic rings. The van der Waals surface area contributed by atoms with E-state index in [1.54, 1.807) is 6.33 Å². The Hall–Kier alpha value is -2.17. The third-order valence-electron chi connectivity index (χ3n) is 2.80. The Morgan fingerprint density at radius 3 is 2.94 bits per heavy atom. The number of pyridine rings is 1. The molecule has 3 aromatic heterocycles. The zero-order valence-electron chi connectivity index (χ0n) is 9.78. The van der Waals surface area contributed by atoms with Crippen LogP contribution in [0.5, 0.6) is 0 Å². The van der Waals surface area contributed by atoms with Gasteiger partial charge in [0.05, 0.1) is 17.3 Å². The largest absolute Gasteiger partial charge is 0.311 e. The average Bonchev–Trinajstić information content (AvgIpc) is 2.94. The number of nitrogens with zero attached hydrogens (tertiary/aromatic N) is 5. The van der Waals surface area contributed by atoms with Crippen molar-refractivity contribution < 1.29 is 0 Å². The second-order valence-corrected chi connectivity index (χ2v) is 4.24. The summed E-state index contributed by atoms with van der Waals surface area (Å²) in [5.74, 6) is 0.862. The van der Waals surface area contributed by atoms with Gasteiger partial charge < -0.3 is 4.57 Å². The van der Waals surface area contributed by atoms with E-state index in [2.05, 4.69) is 29.1 Å². The molecule has 0 aliphatic carbocycles. The molecule has 5 nitrogen and oxygen atoms in total. The first-order valence-corrected chi connectivity index (χ1v) is 5.59. The topological polar surface area (TPSA) is 48.0 Å². The van der Waals surface area contributed by atoms with E-state index in [0.717, 1.165) is 16.9 Å². The Morgan fingerprint density at radius 2 is 2.12 bits per heavy atom. The Morgan fingerprint density at radius 1 is 1.24 bits per heavy atom. The fourth-order valence-corrected chi connectivity index (χ4v) is 1.92. The molecule has 0 aliphatic heterocycles. The molecule has 0 radical (unpaired) electrons. The van der Waals surface area contributed by atoms with E-state index in [4.69, 9.17) is 0 Å². The van der Waals surface area contributed by atoms with Gasteiger partial charge in [-0.15, -0.1) is 10.2 Å². The van der Waals surface area contributed by atoms with Crippen LogP contribution in [0.2, 0.25) is 0 Å². The quantitative estimate of drug-likeness (QED) is 0.674. The summed E-state index contributed by atoms with van der Waals surface area (Å²) in [7, 11) is 0. The molecule has 86 valence electrons. The van der Waals surface area contributed by atoms with Crippen molar-refractivity contribution in [3.63, 3.8) is 0 Å². The minimum absolute atomic E-state index is 0.332. The Kier molecular flexibility index (Phi) is 2.18. The van der Waals surface area contributed by atoms with E-state index in [0.29, 0.717) is 6.04 Å². The summed E-state index contributed by atoms with van der Waals surface area (Å²) in [6, 6.07) is 6.31. The third-order valence-corrected chi connectivity index (χ3v) is 2.80. The maximum atomic E-state index is 4.31. The Bertz CT molecular complexity index is 650. The number of fused-ring (bicyclic) bond motifs is 1. The molecule has 17 heavy (non-hydrogen) atoms. The molecular formula is C12H13N5. The fourth-order valence-electron chi connectivity index (χ4n) is 1.92. The van der Waals surface area contributed by atoms with Gasteiger partial charge in [0.25, 0.3) is 0 Å². The van der Waals surface area contributed by atoms with Crippen LogP contribution >= 0.6 is 0 Å². The van der Waals surface area contributed by atoms with Crippen molar-refractivity contribution >= 4 is 5.52 Å². The predicted molar refractivity (Wildman–Crippen MR) is 64.6 cm³/mol. The van der Waals surface area contributed by atoms with Gasteiger partial charge in [-0.3, -0.25) is 0 Å². The summed E-state index contributed by atoms with van der Waals surface area (Å²) >= 11 is 0. The van der Waals surface area contributed by atoms with E-state index in [1.165, 1.54) is 0 Å². The summed E-state index contributed by atoms with van der Waals surface area (Å²) < 4.78 is 3.89. The zero-order valence-corrected chi connectivity index (χ0v) is 9.78. The lowest BCUT2D eigenvalue weighted by Crippen LogP contribution is -2.01. The molecule has 0 fully saturated rings. The SMILES string of the molecule is CC(C)n1cnnc1-c1cnn2ccccc12.